The molecule has 2 N–H and O–H groups in total. The number of carboxylic acids is 1. The lowest BCUT2D eigenvalue weighted by molar-refractivity contribution is -0.143. The molecule has 2 rings (SSSR count). The number of carboxylic acid groups (broad SMARTS) is 1. The summed E-state index contributed by atoms with van der Waals surface area (Å²) < 4.78 is 5.20. The number of amides is 1. The summed E-state index contributed by atoms with van der Waals surface area (Å²) in [7, 11) is 0. The molecule has 1 aromatic carbocycles. The number of aliphatic carboxylic acids is 1. The quantitative estimate of drug-likeness (QED) is 0.848. The Morgan fingerprint density at radius 3 is 2.50 bits per heavy atom. The Balaban J connectivity index is 1.95. The van der Waals surface area contributed by atoms with Crippen molar-refractivity contribution in [2.24, 2.45) is 5.92 Å². The lowest BCUT2D eigenvalue weighted by atomic mass is 9.98. The Hall–Kier alpha value is -1.88. The van der Waals surface area contributed by atoms with E-state index in [2.05, 4.69) is 5.32 Å². The fraction of sp³-hybridized carbons (Fsp3) is 0.467. The number of benzene rings is 1. The predicted molar refractivity (Wildman–Crippen MR) is 73.3 cm³/mol. The van der Waals surface area contributed by atoms with Gasteiger partial charge in [-0.1, -0.05) is 30.3 Å². The number of hydrogen-bond acceptors (Lipinski definition) is 3. The largest absolute Gasteiger partial charge is 0.480 e. The second-order valence-corrected chi connectivity index (χ2v) is 4.98. The topological polar surface area (TPSA) is 75.6 Å². The molecule has 1 heterocycles. The summed E-state index contributed by atoms with van der Waals surface area (Å²) in [6.45, 7) is 1.13. The minimum Gasteiger partial charge on any atom is -0.480 e. The van der Waals surface area contributed by atoms with Gasteiger partial charge in [0, 0.05) is 25.6 Å². The highest BCUT2D eigenvalue weighted by Gasteiger charge is 2.26. The van der Waals surface area contributed by atoms with Gasteiger partial charge < -0.3 is 15.2 Å². The van der Waals surface area contributed by atoms with E-state index < -0.39 is 12.0 Å². The van der Waals surface area contributed by atoms with Crippen LogP contribution in [0, 0.1) is 5.92 Å². The van der Waals surface area contributed by atoms with Crippen molar-refractivity contribution in [2.45, 2.75) is 25.3 Å². The maximum Gasteiger partial charge on any atom is 0.326 e. The number of rotatable bonds is 5. The number of carbonyl (C=O) groups is 2. The average molecular weight is 277 g/mol. The van der Waals surface area contributed by atoms with Crippen molar-refractivity contribution < 1.29 is 19.4 Å². The highest BCUT2D eigenvalue weighted by atomic mass is 16.5. The second kappa shape index (κ2) is 7.05. The van der Waals surface area contributed by atoms with E-state index in [1.54, 1.807) is 0 Å². The summed E-state index contributed by atoms with van der Waals surface area (Å²) >= 11 is 0. The minimum absolute atomic E-state index is 0.138. The van der Waals surface area contributed by atoms with E-state index in [1.807, 2.05) is 30.3 Å². The van der Waals surface area contributed by atoms with E-state index in [1.165, 1.54) is 0 Å². The van der Waals surface area contributed by atoms with E-state index in [0.29, 0.717) is 32.5 Å². The standard InChI is InChI=1S/C15H19NO4/c17-14(12-6-8-20-9-7-12)16-13(15(18)19)10-11-4-2-1-3-5-11/h1-5,12-13H,6-10H2,(H,16,17)(H,18,19)/t13-/m0/s1. The van der Waals surface area contributed by atoms with Crippen LogP contribution in [0.25, 0.3) is 0 Å². The third kappa shape index (κ3) is 4.06. The van der Waals surface area contributed by atoms with Crippen LogP contribution in [0.2, 0.25) is 0 Å². The molecule has 1 aromatic rings. The summed E-state index contributed by atoms with van der Waals surface area (Å²) in [5.74, 6) is -1.33. The predicted octanol–water partition coefficient (Wildman–Crippen LogP) is 1.23. The van der Waals surface area contributed by atoms with Crippen molar-refractivity contribution in [3.8, 4) is 0 Å². The van der Waals surface area contributed by atoms with Crippen LogP contribution >= 0.6 is 0 Å². The number of hydrogen-bond donors (Lipinski definition) is 2. The first-order valence-corrected chi connectivity index (χ1v) is 6.81. The molecular weight excluding hydrogens is 258 g/mol. The SMILES string of the molecule is O=C(N[C@@H](Cc1ccccc1)C(=O)O)C1CCOCC1. The molecule has 0 aliphatic carbocycles. The molecule has 1 fully saturated rings. The third-order valence-corrected chi connectivity index (χ3v) is 3.49. The molecule has 0 aromatic heterocycles. The van der Waals surface area contributed by atoms with Crippen LogP contribution in [-0.4, -0.2) is 36.2 Å². The Kier molecular flexibility index (Phi) is 5.12. The van der Waals surface area contributed by atoms with Crippen molar-refractivity contribution in [1.82, 2.24) is 5.32 Å². The fourth-order valence-electron chi connectivity index (χ4n) is 2.30. The highest BCUT2D eigenvalue weighted by molar-refractivity contribution is 5.85. The highest BCUT2D eigenvalue weighted by Crippen LogP contribution is 2.15. The summed E-state index contributed by atoms with van der Waals surface area (Å²) in [4.78, 5) is 23.4. The van der Waals surface area contributed by atoms with Gasteiger partial charge in [0.25, 0.3) is 0 Å². The molecule has 5 heteroatoms. The summed E-state index contributed by atoms with van der Waals surface area (Å²) in [5.41, 5.74) is 0.896. The van der Waals surface area contributed by atoms with Crippen LogP contribution in [0.1, 0.15) is 18.4 Å². The molecule has 108 valence electrons. The van der Waals surface area contributed by atoms with Crippen molar-refractivity contribution in [1.29, 1.82) is 0 Å². The normalized spacial score (nSPS) is 17.4. The Labute approximate surface area is 117 Å². The maximum atomic E-state index is 12.1. The van der Waals surface area contributed by atoms with Gasteiger partial charge >= 0.3 is 5.97 Å². The van der Waals surface area contributed by atoms with Crippen LogP contribution in [0.5, 0.6) is 0 Å². The molecule has 1 amide bonds. The molecule has 1 atom stereocenters. The monoisotopic (exact) mass is 277 g/mol. The lowest BCUT2D eigenvalue weighted by Gasteiger charge is -2.23. The van der Waals surface area contributed by atoms with Gasteiger partial charge in [-0.3, -0.25) is 4.79 Å². The summed E-state index contributed by atoms with van der Waals surface area (Å²) in [5, 5.41) is 11.9. The first-order valence-electron chi connectivity index (χ1n) is 6.81. The minimum atomic E-state index is -1.01. The maximum absolute atomic E-state index is 12.1. The van der Waals surface area contributed by atoms with E-state index in [4.69, 9.17) is 4.74 Å². The molecular formula is C15H19NO4. The van der Waals surface area contributed by atoms with Crippen molar-refractivity contribution in [3.05, 3.63) is 35.9 Å². The van der Waals surface area contributed by atoms with Crippen molar-refractivity contribution in [2.75, 3.05) is 13.2 Å². The van der Waals surface area contributed by atoms with Crippen molar-refractivity contribution in [3.63, 3.8) is 0 Å². The summed E-state index contributed by atoms with van der Waals surface area (Å²) in [6.07, 6.45) is 1.61. The van der Waals surface area contributed by atoms with Crippen LogP contribution in [-0.2, 0) is 20.7 Å². The molecule has 0 saturated carbocycles. The zero-order valence-electron chi connectivity index (χ0n) is 11.2. The number of nitrogens with one attached hydrogen (secondary N) is 1. The van der Waals surface area contributed by atoms with Gasteiger partial charge in [0.15, 0.2) is 0 Å². The number of ether oxygens (including phenoxy) is 1. The second-order valence-electron chi connectivity index (χ2n) is 4.98. The van der Waals surface area contributed by atoms with Crippen molar-refractivity contribution >= 4 is 11.9 Å². The molecule has 0 radical (unpaired) electrons. The first kappa shape index (κ1) is 14.5. The van der Waals surface area contributed by atoms with Gasteiger partial charge in [-0.25, -0.2) is 4.79 Å². The molecule has 0 spiro atoms. The molecule has 0 unspecified atom stereocenters. The van der Waals surface area contributed by atoms with E-state index in [0.717, 1.165) is 5.56 Å². The zero-order chi connectivity index (χ0) is 14.4. The van der Waals surface area contributed by atoms with Crippen LogP contribution in [0.3, 0.4) is 0 Å². The van der Waals surface area contributed by atoms with E-state index >= 15 is 0 Å². The smallest absolute Gasteiger partial charge is 0.326 e. The van der Waals surface area contributed by atoms with Gasteiger partial charge in [0.05, 0.1) is 0 Å². The van der Waals surface area contributed by atoms with E-state index in [9.17, 15) is 14.7 Å². The zero-order valence-corrected chi connectivity index (χ0v) is 11.2. The van der Waals surface area contributed by atoms with Crippen LogP contribution in [0.15, 0.2) is 30.3 Å². The molecule has 1 saturated heterocycles. The average Bonchev–Trinajstić information content (AvgIpc) is 2.48. The molecule has 0 bridgehead atoms. The molecule has 1 aliphatic rings. The molecule has 20 heavy (non-hydrogen) atoms. The van der Waals surface area contributed by atoms with Gasteiger partial charge in [0.2, 0.25) is 5.91 Å². The third-order valence-electron chi connectivity index (χ3n) is 3.49. The van der Waals surface area contributed by atoms with Gasteiger partial charge in [-0.2, -0.15) is 0 Å². The first-order chi connectivity index (χ1) is 9.66. The Morgan fingerprint density at radius 2 is 1.90 bits per heavy atom. The Bertz CT molecular complexity index is 454. The molecule has 5 nitrogen and oxygen atoms in total. The van der Waals surface area contributed by atoms with Gasteiger partial charge in [-0.05, 0) is 18.4 Å². The summed E-state index contributed by atoms with van der Waals surface area (Å²) in [6, 6.07) is 8.42. The van der Waals surface area contributed by atoms with Gasteiger partial charge in [-0.15, -0.1) is 0 Å². The number of carbonyl (C=O) groups excluding carboxylic acids is 1. The van der Waals surface area contributed by atoms with Crippen LogP contribution in [0.4, 0.5) is 0 Å². The molecule has 1 aliphatic heterocycles. The lowest BCUT2D eigenvalue weighted by Crippen LogP contribution is -2.45. The van der Waals surface area contributed by atoms with Gasteiger partial charge in [0.1, 0.15) is 6.04 Å². The van der Waals surface area contributed by atoms with E-state index in [-0.39, 0.29) is 11.8 Å². The van der Waals surface area contributed by atoms with Crippen LogP contribution < -0.4 is 5.32 Å². The fourth-order valence-corrected chi connectivity index (χ4v) is 2.30. The Morgan fingerprint density at radius 1 is 1.25 bits per heavy atom.